The van der Waals surface area contributed by atoms with Crippen LogP contribution in [0.2, 0.25) is 0 Å². The minimum absolute atomic E-state index is 0.0309. The third kappa shape index (κ3) is 5.63. The van der Waals surface area contributed by atoms with Crippen LogP contribution in [-0.4, -0.2) is 32.3 Å². The zero-order valence-electron chi connectivity index (χ0n) is 10.6. The molecule has 4 nitrogen and oxygen atoms in total. The molecule has 1 N–H and O–H groups in total. The van der Waals surface area contributed by atoms with E-state index in [2.05, 4.69) is 5.32 Å². The summed E-state index contributed by atoms with van der Waals surface area (Å²) >= 11 is 0. The number of benzene rings is 1. The number of amides is 1. The van der Waals surface area contributed by atoms with Crippen molar-refractivity contribution in [1.82, 2.24) is 5.32 Å². The molecule has 0 spiro atoms. The molecule has 1 rings (SSSR count). The summed E-state index contributed by atoms with van der Waals surface area (Å²) in [6.45, 7) is 2.54. The van der Waals surface area contributed by atoms with Crippen LogP contribution in [0.1, 0.15) is 13.3 Å². The molecule has 0 unspecified atom stereocenters. The van der Waals surface area contributed by atoms with Gasteiger partial charge in [-0.05, 0) is 19.1 Å². The maximum absolute atomic E-state index is 12.8. The monoisotopic (exact) mass is 255 g/mol. The molecule has 18 heavy (non-hydrogen) atoms. The van der Waals surface area contributed by atoms with Crippen molar-refractivity contribution < 1.29 is 18.7 Å². The van der Waals surface area contributed by atoms with Gasteiger partial charge in [0.2, 0.25) is 5.91 Å². The molecular weight excluding hydrogens is 237 g/mol. The van der Waals surface area contributed by atoms with Gasteiger partial charge in [-0.15, -0.1) is 0 Å². The van der Waals surface area contributed by atoms with E-state index < -0.39 is 0 Å². The van der Waals surface area contributed by atoms with Crippen LogP contribution in [0.3, 0.4) is 0 Å². The molecule has 0 radical (unpaired) electrons. The highest BCUT2D eigenvalue weighted by Gasteiger charge is 2.07. The summed E-state index contributed by atoms with van der Waals surface area (Å²) in [6.07, 6.45) is 0.227. The number of halogens is 1. The molecule has 0 aliphatic heterocycles. The largest absolute Gasteiger partial charge is 0.493 e. The molecule has 1 aromatic rings. The Balaban J connectivity index is 2.23. The van der Waals surface area contributed by atoms with Crippen LogP contribution >= 0.6 is 0 Å². The molecule has 100 valence electrons. The number of methoxy groups -OCH3 is 1. The van der Waals surface area contributed by atoms with Crippen LogP contribution in [-0.2, 0) is 9.53 Å². The van der Waals surface area contributed by atoms with Crippen LogP contribution in [0.4, 0.5) is 4.39 Å². The van der Waals surface area contributed by atoms with Crippen molar-refractivity contribution in [3.05, 3.63) is 30.1 Å². The van der Waals surface area contributed by atoms with E-state index in [1.807, 2.05) is 6.92 Å². The normalized spacial score (nSPS) is 11.9. The first kappa shape index (κ1) is 14.4. The van der Waals surface area contributed by atoms with Crippen LogP contribution in [0.25, 0.3) is 0 Å². The van der Waals surface area contributed by atoms with Crippen molar-refractivity contribution >= 4 is 5.91 Å². The summed E-state index contributed by atoms with van der Waals surface area (Å²) in [5.74, 6) is -0.0469. The summed E-state index contributed by atoms with van der Waals surface area (Å²) in [5, 5.41) is 2.76. The fourth-order valence-corrected chi connectivity index (χ4v) is 1.46. The summed E-state index contributed by atoms with van der Waals surface area (Å²) in [5.41, 5.74) is 0. The predicted octanol–water partition coefficient (Wildman–Crippen LogP) is 1.75. The zero-order chi connectivity index (χ0) is 13.4. The fraction of sp³-hybridized carbons (Fsp3) is 0.462. The van der Waals surface area contributed by atoms with Gasteiger partial charge in [-0.3, -0.25) is 4.79 Å². The third-order valence-electron chi connectivity index (χ3n) is 2.22. The average Bonchev–Trinajstić information content (AvgIpc) is 2.29. The van der Waals surface area contributed by atoms with E-state index in [1.165, 1.54) is 12.1 Å². The summed E-state index contributed by atoms with van der Waals surface area (Å²) in [4.78, 5) is 11.5. The Morgan fingerprint density at radius 3 is 2.94 bits per heavy atom. The smallest absolute Gasteiger partial charge is 0.223 e. The number of ether oxygens (including phenoxy) is 2. The van der Waals surface area contributed by atoms with Gasteiger partial charge >= 0.3 is 0 Å². The second-order valence-electron chi connectivity index (χ2n) is 3.98. The highest BCUT2D eigenvalue weighted by molar-refractivity contribution is 5.76. The quantitative estimate of drug-likeness (QED) is 0.807. The molecule has 0 aliphatic carbocycles. The molecule has 0 heterocycles. The zero-order valence-corrected chi connectivity index (χ0v) is 10.6. The van der Waals surface area contributed by atoms with Gasteiger partial charge in [0.25, 0.3) is 0 Å². The van der Waals surface area contributed by atoms with E-state index >= 15 is 0 Å². The van der Waals surface area contributed by atoms with Crippen LogP contribution in [0.5, 0.6) is 5.75 Å². The highest BCUT2D eigenvalue weighted by atomic mass is 19.1. The molecular formula is C13H18FNO3. The van der Waals surface area contributed by atoms with Crippen molar-refractivity contribution in [3.8, 4) is 5.75 Å². The van der Waals surface area contributed by atoms with Crippen LogP contribution in [0, 0.1) is 5.82 Å². The fourth-order valence-electron chi connectivity index (χ4n) is 1.46. The number of hydrogen-bond donors (Lipinski definition) is 1. The predicted molar refractivity (Wildman–Crippen MR) is 66.0 cm³/mol. The Morgan fingerprint density at radius 1 is 1.50 bits per heavy atom. The van der Waals surface area contributed by atoms with Crippen molar-refractivity contribution in [2.45, 2.75) is 19.4 Å². The number of nitrogens with one attached hydrogen (secondary N) is 1. The number of rotatable bonds is 7. The second kappa shape index (κ2) is 7.66. The molecule has 0 aliphatic rings. The van der Waals surface area contributed by atoms with Gasteiger partial charge in [-0.2, -0.15) is 0 Å². The molecule has 0 saturated carbocycles. The maximum atomic E-state index is 12.8. The molecule has 1 amide bonds. The van der Waals surface area contributed by atoms with E-state index in [-0.39, 0.29) is 30.8 Å². The van der Waals surface area contributed by atoms with Gasteiger partial charge < -0.3 is 14.8 Å². The lowest BCUT2D eigenvalue weighted by Crippen LogP contribution is -2.36. The van der Waals surface area contributed by atoms with E-state index in [0.29, 0.717) is 12.4 Å². The topological polar surface area (TPSA) is 47.6 Å². The summed E-state index contributed by atoms with van der Waals surface area (Å²) in [6, 6.07) is 5.80. The van der Waals surface area contributed by atoms with Crippen molar-refractivity contribution in [1.29, 1.82) is 0 Å². The van der Waals surface area contributed by atoms with E-state index in [4.69, 9.17) is 9.47 Å². The average molecular weight is 255 g/mol. The lowest BCUT2D eigenvalue weighted by Gasteiger charge is -2.12. The third-order valence-corrected chi connectivity index (χ3v) is 2.22. The van der Waals surface area contributed by atoms with Crippen LogP contribution < -0.4 is 10.1 Å². The summed E-state index contributed by atoms with van der Waals surface area (Å²) in [7, 11) is 1.58. The maximum Gasteiger partial charge on any atom is 0.223 e. The molecule has 5 heteroatoms. The van der Waals surface area contributed by atoms with Gasteiger partial charge in [0.05, 0.1) is 19.6 Å². The molecule has 0 saturated heterocycles. The van der Waals surface area contributed by atoms with Gasteiger partial charge in [0.1, 0.15) is 11.6 Å². The van der Waals surface area contributed by atoms with E-state index in [9.17, 15) is 9.18 Å². The molecule has 0 aromatic heterocycles. The van der Waals surface area contributed by atoms with Crippen molar-refractivity contribution in [2.24, 2.45) is 0 Å². The molecule has 1 aromatic carbocycles. The minimum Gasteiger partial charge on any atom is -0.493 e. The van der Waals surface area contributed by atoms with Crippen molar-refractivity contribution in [3.63, 3.8) is 0 Å². The Hall–Kier alpha value is -1.62. The van der Waals surface area contributed by atoms with Gasteiger partial charge in [-0.1, -0.05) is 6.07 Å². The number of carbonyl (C=O) groups is 1. The molecule has 0 fully saturated rings. The minimum atomic E-state index is -0.356. The first-order chi connectivity index (χ1) is 8.61. The SMILES string of the molecule is COC[C@@H](C)NC(=O)CCOc1cccc(F)c1. The Kier molecular flexibility index (Phi) is 6.14. The first-order valence-corrected chi connectivity index (χ1v) is 5.78. The van der Waals surface area contributed by atoms with Gasteiger partial charge in [0.15, 0.2) is 0 Å². The Labute approximate surface area is 106 Å². The Bertz CT molecular complexity index is 384. The van der Waals surface area contributed by atoms with E-state index in [0.717, 1.165) is 0 Å². The van der Waals surface area contributed by atoms with Gasteiger partial charge in [0, 0.05) is 19.2 Å². The van der Waals surface area contributed by atoms with Gasteiger partial charge in [-0.25, -0.2) is 4.39 Å². The Morgan fingerprint density at radius 2 is 2.28 bits per heavy atom. The van der Waals surface area contributed by atoms with E-state index in [1.54, 1.807) is 19.2 Å². The second-order valence-corrected chi connectivity index (χ2v) is 3.98. The highest BCUT2D eigenvalue weighted by Crippen LogP contribution is 2.11. The molecule has 0 bridgehead atoms. The lowest BCUT2D eigenvalue weighted by molar-refractivity contribution is -0.122. The van der Waals surface area contributed by atoms with Crippen molar-refractivity contribution in [2.75, 3.05) is 20.3 Å². The lowest BCUT2D eigenvalue weighted by atomic mass is 10.3. The summed E-state index contributed by atoms with van der Waals surface area (Å²) < 4.78 is 23.0. The first-order valence-electron chi connectivity index (χ1n) is 5.78. The number of carbonyl (C=O) groups excluding carboxylic acids is 1. The molecule has 1 atom stereocenters. The standard InChI is InChI=1S/C13H18FNO3/c1-10(9-17-2)15-13(16)6-7-18-12-5-3-4-11(14)8-12/h3-5,8,10H,6-7,9H2,1-2H3,(H,15,16)/t10-/m1/s1. The number of hydrogen-bond acceptors (Lipinski definition) is 3. The van der Waals surface area contributed by atoms with Crippen LogP contribution in [0.15, 0.2) is 24.3 Å².